The number of hydrogen-bond donors (Lipinski definition) is 8. The van der Waals surface area contributed by atoms with E-state index in [0.717, 1.165) is 16.5 Å². The van der Waals surface area contributed by atoms with Crippen molar-refractivity contribution in [3.63, 3.8) is 0 Å². The Balaban J connectivity index is 2.08. The number of hydrogen-bond acceptors (Lipinski definition) is 7. The fraction of sp³-hybridized carbons (Fsp3) is 0.381. The van der Waals surface area contributed by atoms with Crippen LogP contribution in [0.15, 0.2) is 30.5 Å². The predicted octanol–water partition coefficient (Wildman–Crippen LogP) is -1.60. The number of carbonyl (C=O) groups excluding carboxylic acids is 4. The van der Waals surface area contributed by atoms with Crippen molar-refractivity contribution < 1.29 is 29.1 Å². The van der Waals surface area contributed by atoms with Crippen LogP contribution in [0.2, 0.25) is 0 Å². The van der Waals surface area contributed by atoms with E-state index in [2.05, 4.69) is 33.6 Å². The van der Waals surface area contributed by atoms with Crippen LogP contribution in [0.5, 0.6) is 0 Å². The summed E-state index contributed by atoms with van der Waals surface area (Å²) in [5.41, 5.74) is 12.2. The number of rotatable bonds is 13. The highest BCUT2D eigenvalue weighted by molar-refractivity contribution is 7.80. The monoisotopic (exact) mass is 492 g/mol. The Hall–Kier alpha value is -3.58. The molecule has 0 saturated heterocycles. The molecule has 0 aliphatic heterocycles. The van der Waals surface area contributed by atoms with Gasteiger partial charge in [0.25, 0.3) is 0 Å². The maximum Gasteiger partial charge on any atom is 0.327 e. The zero-order chi connectivity index (χ0) is 25.3. The molecule has 12 nitrogen and oxygen atoms in total. The number of nitrogens with one attached hydrogen (secondary N) is 4. The van der Waals surface area contributed by atoms with E-state index in [1.165, 1.54) is 0 Å². The number of benzene rings is 1. The van der Waals surface area contributed by atoms with Gasteiger partial charge in [-0.15, -0.1) is 0 Å². The second kappa shape index (κ2) is 12.6. The lowest BCUT2D eigenvalue weighted by Gasteiger charge is -2.21. The number of amides is 4. The van der Waals surface area contributed by atoms with Gasteiger partial charge in [0.1, 0.15) is 12.1 Å². The maximum absolute atomic E-state index is 12.8. The van der Waals surface area contributed by atoms with E-state index in [9.17, 15) is 29.1 Å². The molecular formula is C21H28N6O6S. The first-order valence-electron chi connectivity index (χ1n) is 10.4. The Morgan fingerprint density at radius 2 is 1.76 bits per heavy atom. The summed E-state index contributed by atoms with van der Waals surface area (Å²) >= 11 is 3.93. The fourth-order valence-corrected chi connectivity index (χ4v) is 3.41. The van der Waals surface area contributed by atoms with Crippen LogP contribution in [0.25, 0.3) is 10.9 Å². The van der Waals surface area contributed by atoms with Gasteiger partial charge in [-0.3, -0.25) is 19.2 Å². The van der Waals surface area contributed by atoms with Crippen molar-refractivity contribution in [1.29, 1.82) is 0 Å². The van der Waals surface area contributed by atoms with Crippen molar-refractivity contribution >= 4 is 53.1 Å². The van der Waals surface area contributed by atoms with Gasteiger partial charge in [-0.05, 0) is 18.1 Å². The lowest BCUT2D eigenvalue weighted by Crippen LogP contribution is -2.54. The Bertz CT molecular complexity index is 1060. The first kappa shape index (κ1) is 26.7. The minimum Gasteiger partial charge on any atom is -0.480 e. The van der Waals surface area contributed by atoms with Gasteiger partial charge in [-0.1, -0.05) is 18.2 Å². The molecule has 1 aromatic heterocycles. The summed E-state index contributed by atoms with van der Waals surface area (Å²) in [4.78, 5) is 62.5. The zero-order valence-corrected chi connectivity index (χ0v) is 19.1. The standard InChI is InChI=1S/C21H28N6O6S/c22-13(5-6-17(23)28)19(30)25-9-18(29)26-15(20(31)27-16(10-34)21(32)33)7-11-8-24-14-4-2-1-3-12(11)14/h1-4,8,13,15-16,24,34H,5-7,9-10,22H2,(H2,23,28)(H,25,30)(H,26,29)(H,27,31)(H,32,33). The lowest BCUT2D eigenvalue weighted by molar-refractivity contribution is -0.141. The van der Waals surface area contributed by atoms with Crippen molar-refractivity contribution in [2.24, 2.45) is 11.5 Å². The SMILES string of the molecule is NC(=O)CCC(N)C(=O)NCC(=O)NC(Cc1c[nH]c2ccccc12)C(=O)NC(CS)C(=O)O. The zero-order valence-electron chi connectivity index (χ0n) is 18.2. The van der Waals surface area contributed by atoms with E-state index in [0.29, 0.717) is 0 Å². The number of carboxylic acids is 1. The number of para-hydroxylation sites is 1. The van der Waals surface area contributed by atoms with Crippen molar-refractivity contribution in [2.45, 2.75) is 37.4 Å². The van der Waals surface area contributed by atoms with Gasteiger partial charge in [0.05, 0.1) is 12.6 Å². The van der Waals surface area contributed by atoms with E-state index >= 15 is 0 Å². The van der Waals surface area contributed by atoms with Crippen molar-refractivity contribution in [2.75, 3.05) is 12.3 Å². The van der Waals surface area contributed by atoms with E-state index in [4.69, 9.17) is 11.5 Å². The number of carboxylic acid groups (broad SMARTS) is 1. The summed E-state index contributed by atoms with van der Waals surface area (Å²) < 4.78 is 0. The number of thiol groups is 1. The van der Waals surface area contributed by atoms with Crippen LogP contribution in [0.1, 0.15) is 18.4 Å². The van der Waals surface area contributed by atoms with Crippen molar-refractivity contribution in [3.8, 4) is 0 Å². The lowest BCUT2D eigenvalue weighted by atomic mass is 10.0. The number of primary amides is 1. The summed E-state index contributed by atoms with van der Waals surface area (Å²) in [6, 6.07) is 3.96. The molecule has 2 aromatic rings. The Kier molecular flexibility index (Phi) is 9.89. The van der Waals surface area contributed by atoms with Gasteiger partial charge in [0.2, 0.25) is 23.6 Å². The van der Waals surface area contributed by atoms with Gasteiger partial charge in [0.15, 0.2) is 0 Å². The second-order valence-corrected chi connectivity index (χ2v) is 7.96. The molecule has 0 aliphatic rings. The molecule has 1 aromatic carbocycles. The number of nitrogens with two attached hydrogens (primary N) is 2. The normalized spacial score (nSPS) is 13.5. The summed E-state index contributed by atoms with van der Waals surface area (Å²) in [5, 5.41) is 17.3. The first-order valence-corrected chi connectivity index (χ1v) is 11.1. The van der Waals surface area contributed by atoms with Crippen LogP contribution in [0.4, 0.5) is 0 Å². The molecule has 9 N–H and O–H groups in total. The molecule has 0 radical (unpaired) electrons. The molecule has 0 bridgehead atoms. The van der Waals surface area contributed by atoms with Gasteiger partial charge in [-0.25, -0.2) is 4.79 Å². The second-order valence-electron chi connectivity index (χ2n) is 7.59. The summed E-state index contributed by atoms with van der Waals surface area (Å²) in [6.07, 6.45) is 1.70. The third-order valence-corrected chi connectivity index (χ3v) is 5.37. The highest BCUT2D eigenvalue weighted by Crippen LogP contribution is 2.19. The maximum atomic E-state index is 12.8. The van der Waals surface area contributed by atoms with Crippen LogP contribution in [0.3, 0.4) is 0 Å². The predicted molar refractivity (Wildman–Crippen MR) is 127 cm³/mol. The Morgan fingerprint density at radius 3 is 2.41 bits per heavy atom. The third kappa shape index (κ3) is 7.78. The van der Waals surface area contributed by atoms with E-state index < -0.39 is 54.3 Å². The van der Waals surface area contributed by atoms with Crippen LogP contribution < -0.4 is 27.4 Å². The van der Waals surface area contributed by atoms with Gasteiger partial charge < -0.3 is 37.5 Å². The van der Waals surface area contributed by atoms with Gasteiger partial charge in [-0.2, -0.15) is 12.6 Å². The van der Waals surface area contributed by atoms with Crippen molar-refractivity contribution in [1.82, 2.24) is 20.9 Å². The molecule has 0 fully saturated rings. The molecule has 4 amide bonds. The van der Waals surface area contributed by atoms with Crippen LogP contribution >= 0.6 is 12.6 Å². The number of H-pyrrole nitrogens is 1. The summed E-state index contributed by atoms with van der Waals surface area (Å²) in [6.45, 7) is -0.476. The largest absolute Gasteiger partial charge is 0.480 e. The highest BCUT2D eigenvalue weighted by Gasteiger charge is 2.27. The molecule has 184 valence electrons. The number of aromatic amines is 1. The molecule has 2 rings (SSSR count). The van der Waals surface area contributed by atoms with Crippen molar-refractivity contribution in [3.05, 3.63) is 36.0 Å². The van der Waals surface area contributed by atoms with E-state index in [-0.39, 0.29) is 25.0 Å². The molecule has 13 heteroatoms. The summed E-state index contributed by atoms with van der Waals surface area (Å²) in [7, 11) is 0. The smallest absolute Gasteiger partial charge is 0.327 e. The fourth-order valence-electron chi connectivity index (χ4n) is 3.16. The molecule has 3 unspecified atom stereocenters. The first-order chi connectivity index (χ1) is 16.1. The Labute approximate surface area is 200 Å². The molecule has 0 spiro atoms. The number of aromatic nitrogens is 1. The molecular weight excluding hydrogens is 464 g/mol. The molecule has 3 atom stereocenters. The van der Waals surface area contributed by atoms with Crippen LogP contribution in [-0.2, 0) is 30.4 Å². The van der Waals surface area contributed by atoms with E-state index in [1.54, 1.807) is 6.20 Å². The Morgan fingerprint density at radius 1 is 1.06 bits per heavy atom. The minimum absolute atomic E-state index is 0.0225. The number of aliphatic carboxylic acids is 1. The van der Waals surface area contributed by atoms with Crippen LogP contribution in [0, 0.1) is 0 Å². The molecule has 0 saturated carbocycles. The molecule has 34 heavy (non-hydrogen) atoms. The van der Waals surface area contributed by atoms with E-state index in [1.807, 2.05) is 24.3 Å². The number of carbonyl (C=O) groups is 5. The molecule has 0 aliphatic carbocycles. The third-order valence-electron chi connectivity index (χ3n) is 5.01. The summed E-state index contributed by atoms with van der Waals surface area (Å²) in [5.74, 6) is -4.08. The van der Waals surface area contributed by atoms with Gasteiger partial charge >= 0.3 is 5.97 Å². The quantitative estimate of drug-likeness (QED) is 0.153. The van der Waals surface area contributed by atoms with Crippen LogP contribution in [-0.4, -0.2) is 70.1 Å². The average Bonchev–Trinajstić information content (AvgIpc) is 3.21. The molecule has 1 heterocycles. The number of fused-ring (bicyclic) bond motifs is 1. The van der Waals surface area contributed by atoms with Gasteiger partial charge in [0, 0.05) is 35.7 Å². The topological polar surface area (TPSA) is 209 Å². The average molecular weight is 493 g/mol. The highest BCUT2D eigenvalue weighted by atomic mass is 32.1. The minimum atomic E-state index is -1.27.